The number of nitrogens with zero attached hydrogens (tertiary/aromatic N) is 4. The van der Waals surface area contributed by atoms with Crippen LogP contribution in [0.1, 0.15) is 36.6 Å². The van der Waals surface area contributed by atoms with Crippen molar-refractivity contribution in [1.82, 2.24) is 14.5 Å². The molecular weight excluding hydrogens is 302 g/mol. The molecule has 0 aliphatic carbocycles. The fourth-order valence-electron chi connectivity index (χ4n) is 2.13. The molecular formula is C15H20ClN5O. The SMILES string of the molecule is CCCCn1nc(C)c(/C=N\n2c(N)cc(C)cc2=O)c1Cl. The molecule has 0 aliphatic heterocycles. The Kier molecular flexibility index (Phi) is 5.03. The second-order valence-electron chi connectivity index (χ2n) is 5.22. The van der Waals surface area contributed by atoms with E-state index in [-0.39, 0.29) is 11.4 Å². The van der Waals surface area contributed by atoms with Crippen molar-refractivity contribution in [1.29, 1.82) is 0 Å². The molecule has 6 nitrogen and oxygen atoms in total. The number of hydrogen-bond acceptors (Lipinski definition) is 4. The molecule has 2 aromatic heterocycles. The lowest BCUT2D eigenvalue weighted by molar-refractivity contribution is 0.569. The summed E-state index contributed by atoms with van der Waals surface area (Å²) in [5, 5.41) is 9.06. The van der Waals surface area contributed by atoms with E-state index in [0.29, 0.717) is 10.7 Å². The Hall–Kier alpha value is -2.08. The minimum absolute atomic E-state index is 0.277. The number of pyridine rings is 1. The summed E-state index contributed by atoms with van der Waals surface area (Å²) in [6, 6.07) is 3.17. The Labute approximate surface area is 134 Å². The van der Waals surface area contributed by atoms with Gasteiger partial charge in [-0.15, -0.1) is 0 Å². The predicted molar refractivity (Wildman–Crippen MR) is 89.7 cm³/mol. The number of unbranched alkanes of at least 4 members (excludes halogenated alkanes) is 1. The molecule has 0 bridgehead atoms. The van der Waals surface area contributed by atoms with Crippen LogP contribution < -0.4 is 11.3 Å². The van der Waals surface area contributed by atoms with Gasteiger partial charge < -0.3 is 5.73 Å². The molecule has 0 saturated heterocycles. The van der Waals surface area contributed by atoms with E-state index in [9.17, 15) is 4.79 Å². The summed E-state index contributed by atoms with van der Waals surface area (Å²) in [5.74, 6) is 0.286. The van der Waals surface area contributed by atoms with Gasteiger partial charge in [-0.2, -0.15) is 14.9 Å². The second-order valence-corrected chi connectivity index (χ2v) is 5.58. The van der Waals surface area contributed by atoms with Gasteiger partial charge in [-0.3, -0.25) is 9.48 Å². The number of rotatable bonds is 5. The van der Waals surface area contributed by atoms with Crippen molar-refractivity contribution in [2.75, 3.05) is 5.73 Å². The first kappa shape index (κ1) is 16.3. The summed E-state index contributed by atoms with van der Waals surface area (Å²) in [7, 11) is 0. The molecule has 0 atom stereocenters. The third-order valence-corrected chi connectivity index (χ3v) is 3.71. The van der Waals surface area contributed by atoms with Gasteiger partial charge in [-0.05, 0) is 31.9 Å². The Bertz CT molecular complexity index is 760. The highest BCUT2D eigenvalue weighted by atomic mass is 35.5. The molecule has 7 heteroatoms. The first-order valence-corrected chi connectivity index (χ1v) is 7.58. The summed E-state index contributed by atoms with van der Waals surface area (Å²) in [5.41, 5.74) is 7.82. The van der Waals surface area contributed by atoms with E-state index in [1.54, 1.807) is 10.7 Å². The Morgan fingerprint density at radius 2 is 2.14 bits per heavy atom. The average molecular weight is 322 g/mol. The van der Waals surface area contributed by atoms with E-state index < -0.39 is 0 Å². The van der Waals surface area contributed by atoms with Crippen molar-refractivity contribution in [3.05, 3.63) is 44.5 Å². The van der Waals surface area contributed by atoms with Gasteiger partial charge in [0.2, 0.25) is 0 Å². The number of anilines is 1. The number of nitrogen functional groups attached to an aromatic ring is 1. The van der Waals surface area contributed by atoms with Gasteiger partial charge in [0.25, 0.3) is 5.56 Å². The molecule has 2 N–H and O–H groups in total. The third-order valence-electron chi connectivity index (χ3n) is 3.32. The number of nitrogens with two attached hydrogens (primary N) is 1. The molecule has 0 saturated carbocycles. The normalized spacial score (nSPS) is 11.5. The van der Waals surface area contributed by atoms with Crippen LogP contribution in [0.3, 0.4) is 0 Å². The molecule has 0 aliphatic rings. The van der Waals surface area contributed by atoms with Crippen LogP contribution in [0.5, 0.6) is 0 Å². The average Bonchev–Trinajstić information content (AvgIpc) is 2.71. The van der Waals surface area contributed by atoms with Gasteiger partial charge in [-0.1, -0.05) is 24.9 Å². The third kappa shape index (κ3) is 3.39. The van der Waals surface area contributed by atoms with Crippen LogP contribution in [0.25, 0.3) is 0 Å². The zero-order chi connectivity index (χ0) is 16.3. The van der Waals surface area contributed by atoms with Gasteiger partial charge in [0.05, 0.1) is 17.5 Å². The summed E-state index contributed by atoms with van der Waals surface area (Å²) in [6.07, 6.45) is 3.59. The lowest BCUT2D eigenvalue weighted by Gasteiger charge is -2.03. The monoisotopic (exact) mass is 321 g/mol. The molecule has 0 aromatic carbocycles. The molecule has 2 rings (SSSR count). The van der Waals surface area contributed by atoms with Crippen molar-refractivity contribution in [2.45, 2.75) is 40.2 Å². The minimum Gasteiger partial charge on any atom is -0.384 e. The second kappa shape index (κ2) is 6.79. The van der Waals surface area contributed by atoms with Crippen molar-refractivity contribution in [2.24, 2.45) is 5.10 Å². The molecule has 2 heterocycles. The highest BCUT2D eigenvalue weighted by Gasteiger charge is 2.11. The molecule has 0 radical (unpaired) electrons. The predicted octanol–water partition coefficient (Wildman–Crippen LogP) is 2.58. The van der Waals surface area contributed by atoms with Gasteiger partial charge in [0, 0.05) is 12.6 Å². The lowest BCUT2D eigenvalue weighted by Crippen LogP contribution is -2.19. The largest absolute Gasteiger partial charge is 0.384 e. The maximum Gasteiger partial charge on any atom is 0.273 e. The number of aromatic nitrogens is 3. The first-order valence-electron chi connectivity index (χ1n) is 7.20. The first-order chi connectivity index (χ1) is 10.4. The quantitative estimate of drug-likeness (QED) is 0.860. The van der Waals surface area contributed by atoms with E-state index in [0.717, 1.165) is 35.3 Å². The number of aryl methyl sites for hydroxylation is 3. The number of halogens is 1. The van der Waals surface area contributed by atoms with Crippen molar-refractivity contribution >= 4 is 23.6 Å². The Balaban J connectivity index is 2.35. The highest BCUT2D eigenvalue weighted by Crippen LogP contribution is 2.18. The molecule has 0 spiro atoms. The minimum atomic E-state index is -0.277. The standard InChI is InChI=1S/C15H20ClN5O/c1-4-5-6-20-15(16)12(11(3)19-20)9-18-21-13(17)7-10(2)8-14(21)22/h7-9H,4-6,17H2,1-3H3/b18-9-. The van der Waals surface area contributed by atoms with Crippen LogP contribution >= 0.6 is 11.6 Å². The molecule has 0 unspecified atom stereocenters. The summed E-state index contributed by atoms with van der Waals surface area (Å²) < 4.78 is 2.90. The van der Waals surface area contributed by atoms with Crippen LogP contribution in [0.15, 0.2) is 22.0 Å². The van der Waals surface area contributed by atoms with E-state index in [4.69, 9.17) is 17.3 Å². The topological polar surface area (TPSA) is 78.2 Å². The van der Waals surface area contributed by atoms with E-state index in [1.165, 1.54) is 12.3 Å². The van der Waals surface area contributed by atoms with Crippen LogP contribution in [-0.4, -0.2) is 20.7 Å². The van der Waals surface area contributed by atoms with Crippen molar-refractivity contribution in [3.63, 3.8) is 0 Å². The number of hydrogen-bond donors (Lipinski definition) is 1. The van der Waals surface area contributed by atoms with Crippen molar-refractivity contribution in [3.8, 4) is 0 Å². The van der Waals surface area contributed by atoms with E-state index in [1.807, 2.05) is 13.8 Å². The maximum atomic E-state index is 11.9. The van der Waals surface area contributed by atoms with Crippen molar-refractivity contribution < 1.29 is 0 Å². The summed E-state index contributed by atoms with van der Waals surface area (Å²) in [6.45, 7) is 6.54. The van der Waals surface area contributed by atoms with Gasteiger partial charge >= 0.3 is 0 Å². The molecule has 22 heavy (non-hydrogen) atoms. The Morgan fingerprint density at radius 1 is 1.41 bits per heavy atom. The molecule has 2 aromatic rings. The Morgan fingerprint density at radius 3 is 2.77 bits per heavy atom. The lowest BCUT2D eigenvalue weighted by atomic mass is 10.3. The molecule has 0 amide bonds. The fraction of sp³-hybridized carbons (Fsp3) is 0.400. The smallest absolute Gasteiger partial charge is 0.273 e. The highest BCUT2D eigenvalue weighted by molar-refractivity contribution is 6.32. The van der Waals surface area contributed by atoms with Crippen LogP contribution in [0.4, 0.5) is 5.82 Å². The van der Waals surface area contributed by atoms with Gasteiger partial charge in [0.15, 0.2) is 0 Å². The molecule has 0 fully saturated rings. The van der Waals surface area contributed by atoms with Crippen LogP contribution in [0, 0.1) is 13.8 Å². The van der Waals surface area contributed by atoms with Gasteiger partial charge in [0.1, 0.15) is 11.0 Å². The fourth-order valence-corrected chi connectivity index (χ4v) is 2.44. The van der Waals surface area contributed by atoms with E-state index >= 15 is 0 Å². The summed E-state index contributed by atoms with van der Waals surface area (Å²) >= 11 is 6.33. The van der Waals surface area contributed by atoms with Gasteiger partial charge in [-0.25, -0.2) is 0 Å². The van der Waals surface area contributed by atoms with E-state index in [2.05, 4.69) is 17.1 Å². The summed E-state index contributed by atoms with van der Waals surface area (Å²) in [4.78, 5) is 11.9. The maximum absolute atomic E-state index is 11.9. The van der Waals surface area contributed by atoms with Crippen LogP contribution in [-0.2, 0) is 6.54 Å². The zero-order valence-electron chi connectivity index (χ0n) is 13.0. The van der Waals surface area contributed by atoms with Crippen LogP contribution in [0.2, 0.25) is 5.15 Å². The zero-order valence-corrected chi connectivity index (χ0v) is 13.8. The molecule has 118 valence electrons.